The Bertz CT molecular complexity index is 1150. The Morgan fingerprint density at radius 3 is 2.38 bits per heavy atom. The topological polar surface area (TPSA) is 75.3 Å². The van der Waals surface area contributed by atoms with E-state index in [1.165, 1.54) is 24.3 Å². The smallest absolute Gasteiger partial charge is 0.261 e. The molecule has 3 aromatic carbocycles. The van der Waals surface area contributed by atoms with E-state index in [0.29, 0.717) is 10.7 Å². The summed E-state index contributed by atoms with van der Waals surface area (Å²) in [5.41, 5.74) is 1.56. The fraction of sp³-hybridized carbons (Fsp3) is 0.0952. The molecule has 3 aromatic rings. The van der Waals surface area contributed by atoms with Crippen LogP contribution in [0.5, 0.6) is 0 Å². The van der Waals surface area contributed by atoms with E-state index in [1.807, 2.05) is 19.1 Å². The quantitative estimate of drug-likeness (QED) is 0.569. The summed E-state index contributed by atoms with van der Waals surface area (Å²) in [5.74, 6) is -1.43. The third-order valence-corrected chi connectivity index (χ3v) is 5.81. The molecule has 0 radical (unpaired) electrons. The summed E-state index contributed by atoms with van der Waals surface area (Å²) in [7, 11) is -3.98. The molecule has 3 rings (SSSR count). The van der Waals surface area contributed by atoms with E-state index < -0.39 is 21.7 Å². The van der Waals surface area contributed by atoms with Gasteiger partial charge >= 0.3 is 0 Å². The van der Waals surface area contributed by atoms with E-state index in [1.54, 1.807) is 24.3 Å². The maximum Gasteiger partial charge on any atom is 0.261 e. The van der Waals surface area contributed by atoms with Crippen LogP contribution in [0.1, 0.15) is 22.8 Å². The molecule has 0 aliphatic rings. The van der Waals surface area contributed by atoms with Crippen LogP contribution in [0, 0.1) is 5.82 Å². The summed E-state index contributed by atoms with van der Waals surface area (Å²) < 4.78 is 41.9. The minimum atomic E-state index is -3.98. The Morgan fingerprint density at radius 1 is 1.03 bits per heavy atom. The number of hydrogen-bond acceptors (Lipinski definition) is 3. The van der Waals surface area contributed by atoms with Gasteiger partial charge in [-0.1, -0.05) is 36.7 Å². The first-order chi connectivity index (χ1) is 13.8. The van der Waals surface area contributed by atoms with Crippen molar-refractivity contribution in [1.82, 2.24) is 0 Å². The van der Waals surface area contributed by atoms with Gasteiger partial charge in [0.15, 0.2) is 0 Å². The van der Waals surface area contributed by atoms with Crippen LogP contribution < -0.4 is 10.0 Å². The Kier molecular flexibility index (Phi) is 6.20. The van der Waals surface area contributed by atoms with Gasteiger partial charge in [-0.25, -0.2) is 12.8 Å². The number of anilines is 2. The molecule has 8 heteroatoms. The van der Waals surface area contributed by atoms with Crippen molar-refractivity contribution in [2.75, 3.05) is 10.0 Å². The first-order valence-electron chi connectivity index (χ1n) is 8.77. The number of hydrogen-bond donors (Lipinski definition) is 2. The normalized spacial score (nSPS) is 11.1. The van der Waals surface area contributed by atoms with Gasteiger partial charge in [0.25, 0.3) is 15.9 Å². The Labute approximate surface area is 173 Å². The van der Waals surface area contributed by atoms with Crippen LogP contribution in [0.2, 0.25) is 5.02 Å². The molecule has 0 saturated heterocycles. The summed E-state index contributed by atoms with van der Waals surface area (Å²) in [6.07, 6.45) is 0.834. The lowest BCUT2D eigenvalue weighted by Crippen LogP contribution is -2.15. The number of carbonyl (C=O) groups excluding carboxylic acids is 1. The highest BCUT2D eigenvalue weighted by molar-refractivity contribution is 7.92. The first kappa shape index (κ1) is 20.8. The molecule has 0 saturated carbocycles. The Hall–Kier alpha value is -2.90. The van der Waals surface area contributed by atoms with Crippen molar-refractivity contribution in [2.24, 2.45) is 0 Å². The van der Waals surface area contributed by atoms with E-state index in [9.17, 15) is 17.6 Å². The van der Waals surface area contributed by atoms with Crippen molar-refractivity contribution in [3.63, 3.8) is 0 Å². The van der Waals surface area contributed by atoms with Crippen LogP contribution in [0.4, 0.5) is 15.8 Å². The fourth-order valence-electron chi connectivity index (χ4n) is 2.61. The lowest BCUT2D eigenvalue weighted by atomic mass is 10.2. The molecule has 1 amide bonds. The standard InChI is InChI=1S/C21H18ClFN2O3S/c1-2-14-6-8-17(9-7-14)25-29(27,28)18-10-11-20(19(23)13-18)24-21(26)15-4-3-5-16(22)12-15/h3-13,25H,2H2,1H3,(H,24,26). The lowest BCUT2D eigenvalue weighted by molar-refractivity contribution is 0.102. The van der Waals surface area contributed by atoms with Gasteiger partial charge in [-0.3, -0.25) is 9.52 Å². The summed E-state index contributed by atoms with van der Waals surface area (Å²) in [4.78, 5) is 12.0. The molecule has 150 valence electrons. The van der Waals surface area contributed by atoms with Gasteiger partial charge in [0.2, 0.25) is 0 Å². The molecule has 0 bridgehead atoms. The van der Waals surface area contributed by atoms with Crippen LogP contribution in [-0.2, 0) is 16.4 Å². The van der Waals surface area contributed by atoms with E-state index in [2.05, 4.69) is 10.0 Å². The minimum Gasteiger partial charge on any atom is -0.319 e. The number of amides is 1. The van der Waals surface area contributed by atoms with Crippen LogP contribution >= 0.6 is 11.6 Å². The molecular formula is C21H18ClFN2O3S. The molecular weight excluding hydrogens is 415 g/mol. The number of aryl methyl sites for hydroxylation is 1. The van der Waals surface area contributed by atoms with Gasteiger partial charge in [0.05, 0.1) is 10.6 Å². The summed E-state index contributed by atoms with van der Waals surface area (Å²) in [5, 5.41) is 2.78. The maximum absolute atomic E-state index is 14.4. The number of benzene rings is 3. The van der Waals surface area contributed by atoms with Gasteiger partial charge in [0, 0.05) is 16.3 Å². The van der Waals surface area contributed by atoms with Crippen molar-refractivity contribution in [3.8, 4) is 0 Å². The van der Waals surface area contributed by atoms with Gasteiger partial charge in [-0.05, 0) is 60.5 Å². The second kappa shape index (κ2) is 8.63. The third kappa shape index (κ3) is 5.13. The zero-order valence-corrected chi connectivity index (χ0v) is 17.0. The molecule has 0 atom stereocenters. The molecule has 0 heterocycles. The molecule has 5 nitrogen and oxygen atoms in total. The predicted molar refractivity (Wildman–Crippen MR) is 112 cm³/mol. The van der Waals surface area contributed by atoms with Crippen molar-refractivity contribution in [3.05, 3.63) is 88.7 Å². The molecule has 2 N–H and O–H groups in total. The Balaban J connectivity index is 1.77. The fourth-order valence-corrected chi connectivity index (χ4v) is 3.87. The maximum atomic E-state index is 14.4. The Morgan fingerprint density at radius 2 is 1.76 bits per heavy atom. The van der Waals surface area contributed by atoms with E-state index in [0.717, 1.165) is 18.1 Å². The number of nitrogens with one attached hydrogen (secondary N) is 2. The average molecular weight is 433 g/mol. The molecule has 29 heavy (non-hydrogen) atoms. The van der Waals surface area contributed by atoms with Crippen molar-refractivity contribution < 1.29 is 17.6 Å². The summed E-state index contributed by atoms with van der Waals surface area (Å²) >= 11 is 5.85. The van der Waals surface area contributed by atoms with E-state index in [4.69, 9.17) is 11.6 Å². The van der Waals surface area contributed by atoms with Gasteiger partial charge in [0.1, 0.15) is 5.82 Å². The highest BCUT2D eigenvalue weighted by Crippen LogP contribution is 2.22. The summed E-state index contributed by atoms with van der Waals surface area (Å²) in [6, 6.07) is 16.4. The van der Waals surface area contributed by atoms with Crippen LogP contribution in [0.15, 0.2) is 71.6 Å². The number of rotatable bonds is 6. The van der Waals surface area contributed by atoms with E-state index >= 15 is 0 Å². The van der Waals surface area contributed by atoms with Gasteiger partial charge in [-0.2, -0.15) is 0 Å². The van der Waals surface area contributed by atoms with E-state index in [-0.39, 0.29) is 16.1 Å². The van der Waals surface area contributed by atoms with Crippen LogP contribution in [-0.4, -0.2) is 14.3 Å². The average Bonchev–Trinajstić information content (AvgIpc) is 2.69. The van der Waals surface area contributed by atoms with Crippen LogP contribution in [0.3, 0.4) is 0 Å². The summed E-state index contributed by atoms with van der Waals surface area (Å²) in [6.45, 7) is 1.99. The lowest BCUT2D eigenvalue weighted by Gasteiger charge is -2.11. The third-order valence-electron chi connectivity index (χ3n) is 4.20. The number of carbonyl (C=O) groups is 1. The van der Waals surface area contributed by atoms with Crippen molar-refractivity contribution in [1.29, 1.82) is 0 Å². The molecule has 0 fully saturated rings. The molecule has 0 aliphatic carbocycles. The number of sulfonamides is 1. The molecule has 0 unspecified atom stereocenters. The largest absolute Gasteiger partial charge is 0.319 e. The minimum absolute atomic E-state index is 0.138. The predicted octanol–water partition coefficient (Wildman–Crippen LogP) is 5.09. The number of halogens is 2. The SMILES string of the molecule is CCc1ccc(NS(=O)(=O)c2ccc(NC(=O)c3cccc(Cl)c3)c(F)c2)cc1. The second-order valence-corrected chi connectivity index (χ2v) is 8.38. The monoisotopic (exact) mass is 432 g/mol. The zero-order chi connectivity index (χ0) is 21.0. The highest BCUT2D eigenvalue weighted by atomic mass is 35.5. The van der Waals surface area contributed by atoms with Gasteiger partial charge < -0.3 is 5.32 Å². The van der Waals surface area contributed by atoms with Crippen molar-refractivity contribution in [2.45, 2.75) is 18.2 Å². The van der Waals surface area contributed by atoms with Crippen LogP contribution in [0.25, 0.3) is 0 Å². The molecule has 0 aliphatic heterocycles. The highest BCUT2D eigenvalue weighted by Gasteiger charge is 2.18. The first-order valence-corrected chi connectivity index (χ1v) is 10.6. The second-order valence-electron chi connectivity index (χ2n) is 6.26. The molecule has 0 aromatic heterocycles. The molecule has 0 spiro atoms. The van der Waals surface area contributed by atoms with Crippen molar-refractivity contribution >= 4 is 38.9 Å². The van der Waals surface area contributed by atoms with Gasteiger partial charge in [-0.15, -0.1) is 0 Å². The zero-order valence-electron chi connectivity index (χ0n) is 15.4.